The van der Waals surface area contributed by atoms with Gasteiger partial charge >= 0.3 is 0 Å². The molecule has 94 valence electrons. The lowest BCUT2D eigenvalue weighted by atomic mass is 9.83. The van der Waals surface area contributed by atoms with Gasteiger partial charge in [0.1, 0.15) is 0 Å². The Balaban J connectivity index is 4.51. The van der Waals surface area contributed by atoms with Gasteiger partial charge in [0.2, 0.25) is 0 Å². The Morgan fingerprint density at radius 2 is 1.88 bits per heavy atom. The Kier molecular flexibility index (Phi) is 8.05. The van der Waals surface area contributed by atoms with E-state index >= 15 is 0 Å². The highest BCUT2D eigenvalue weighted by Gasteiger charge is 2.28. The highest BCUT2D eigenvalue weighted by atomic mass is 79.9. The van der Waals surface area contributed by atoms with Crippen LogP contribution in [0.3, 0.4) is 0 Å². The van der Waals surface area contributed by atoms with Gasteiger partial charge in [0.25, 0.3) is 0 Å². The molecule has 0 spiro atoms. The molecular weight excluding hydrogens is 264 g/mol. The molecule has 0 saturated heterocycles. The predicted octanol–water partition coefficient (Wildman–Crippen LogP) is 3.81. The minimum absolute atomic E-state index is 0.361. The molecule has 0 bridgehead atoms. The molecular formula is C13H25BrN2. The fourth-order valence-electron chi connectivity index (χ4n) is 1.85. The van der Waals surface area contributed by atoms with Gasteiger partial charge < -0.3 is 0 Å². The molecule has 0 aromatic carbocycles. The van der Waals surface area contributed by atoms with Crippen molar-refractivity contribution in [2.45, 2.75) is 53.0 Å². The molecule has 0 N–H and O–H groups in total. The monoisotopic (exact) mass is 288 g/mol. The molecule has 2 nitrogen and oxygen atoms in total. The smallest absolute Gasteiger partial charge is 0.0635 e. The minimum atomic E-state index is 0.361. The highest BCUT2D eigenvalue weighted by Crippen LogP contribution is 2.30. The van der Waals surface area contributed by atoms with Gasteiger partial charge in [-0.3, -0.25) is 4.90 Å². The van der Waals surface area contributed by atoms with Crippen LogP contribution in [-0.2, 0) is 0 Å². The SMILES string of the molecule is CCC(CC)(CBr)CN(CCC#N)C(C)C. The van der Waals surface area contributed by atoms with Gasteiger partial charge in [-0.05, 0) is 32.1 Å². The lowest BCUT2D eigenvalue weighted by molar-refractivity contribution is 0.132. The molecule has 16 heavy (non-hydrogen) atoms. The number of halogens is 1. The first-order chi connectivity index (χ1) is 7.55. The van der Waals surface area contributed by atoms with E-state index in [9.17, 15) is 0 Å². The van der Waals surface area contributed by atoms with E-state index in [2.05, 4.69) is 54.6 Å². The number of rotatable bonds is 8. The lowest BCUT2D eigenvalue weighted by Gasteiger charge is -2.37. The molecule has 3 heteroatoms. The summed E-state index contributed by atoms with van der Waals surface area (Å²) in [6, 6.07) is 2.76. The van der Waals surface area contributed by atoms with Crippen LogP contribution in [0, 0.1) is 16.7 Å². The molecule has 0 unspecified atom stereocenters. The van der Waals surface area contributed by atoms with Crippen LogP contribution in [0.5, 0.6) is 0 Å². The van der Waals surface area contributed by atoms with Crippen molar-refractivity contribution in [1.82, 2.24) is 4.90 Å². The fourth-order valence-corrected chi connectivity index (χ4v) is 2.82. The van der Waals surface area contributed by atoms with Crippen LogP contribution < -0.4 is 0 Å². The van der Waals surface area contributed by atoms with Crippen molar-refractivity contribution < 1.29 is 0 Å². The van der Waals surface area contributed by atoms with E-state index in [4.69, 9.17) is 5.26 Å². The van der Waals surface area contributed by atoms with Crippen LogP contribution in [0.2, 0.25) is 0 Å². The zero-order valence-electron chi connectivity index (χ0n) is 11.1. The highest BCUT2D eigenvalue weighted by molar-refractivity contribution is 9.09. The van der Waals surface area contributed by atoms with Gasteiger partial charge in [-0.25, -0.2) is 0 Å². The van der Waals surface area contributed by atoms with E-state index < -0.39 is 0 Å². The van der Waals surface area contributed by atoms with Gasteiger partial charge in [-0.1, -0.05) is 29.8 Å². The Hall–Kier alpha value is -0.0700. The second kappa shape index (κ2) is 8.08. The van der Waals surface area contributed by atoms with Gasteiger partial charge in [-0.2, -0.15) is 5.26 Å². The van der Waals surface area contributed by atoms with Crippen LogP contribution >= 0.6 is 15.9 Å². The zero-order valence-corrected chi connectivity index (χ0v) is 12.7. The van der Waals surface area contributed by atoms with E-state index in [-0.39, 0.29) is 0 Å². The molecule has 0 aliphatic carbocycles. The Morgan fingerprint density at radius 1 is 1.31 bits per heavy atom. The van der Waals surface area contributed by atoms with Crippen molar-refractivity contribution in [1.29, 1.82) is 5.26 Å². The number of hydrogen-bond acceptors (Lipinski definition) is 2. The summed E-state index contributed by atoms with van der Waals surface area (Å²) in [6.45, 7) is 10.9. The minimum Gasteiger partial charge on any atom is -0.299 e. The normalized spacial score (nSPS) is 12.1. The lowest BCUT2D eigenvalue weighted by Crippen LogP contribution is -2.42. The van der Waals surface area contributed by atoms with Gasteiger partial charge in [-0.15, -0.1) is 0 Å². The van der Waals surface area contributed by atoms with Gasteiger partial charge in [0.05, 0.1) is 6.07 Å². The number of nitriles is 1. The van der Waals surface area contributed by atoms with Crippen LogP contribution in [0.4, 0.5) is 0 Å². The Bertz CT molecular complexity index is 208. The maximum Gasteiger partial charge on any atom is 0.0635 e. The zero-order chi connectivity index (χ0) is 12.6. The van der Waals surface area contributed by atoms with Crippen LogP contribution in [-0.4, -0.2) is 29.4 Å². The molecule has 0 heterocycles. The van der Waals surface area contributed by atoms with Crippen molar-refractivity contribution in [2.75, 3.05) is 18.4 Å². The van der Waals surface area contributed by atoms with Crippen molar-refractivity contribution in [2.24, 2.45) is 5.41 Å². The average Bonchev–Trinajstić information content (AvgIpc) is 2.30. The molecule has 0 amide bonds. The Morgan fingerprint density at radius 3 is 2.19 bits per heavy atom. The summed E-state index contributed by atoms with van der Waals surface area (Å²) in [5, 5.41) is 9.73. The quantitative estimate of drug-likeness (QED) is 0.635. The standard InChI is InChI=1S/C13H25BrN2/c1-5-13(6-2,10-14)11-16(12(3)4)9-7-8-15/h12H,5-7,9-11H2,1-4H3. The third kappa shape index (κ3) is 4.84. The molecule has 0 saturated carbocycles. The molecule has 0 atom stereocenters. The first kappa shape index (κ1) is 15.9. The number of alkyl halides is 1. The summed E-state index contributed by atoms with van der Waals surface area (Å²) < 4.78 is 0. The van der Waals surface area contributed by atoms with Crippen LogP contribution in [0.25, 0.3) is 0 Å². The third-order valence-corrected chi connectivity index (χ3v) is 4.75. The Labute approximate surface area is 109 Å². The summed E-state index contributed by atoms with van der Waals surface area (Å²) in [7, 11) is 0. The fraction of sp³-hybridized carbons (Fsp3) is 0.923. The average molecular weight is 289 g/mol. The van der Waals surface area contributed by atoms with E-state index in [1.165, 1.54) is 12.8 Å². The summed E-state index contributed by atoms with van der Waals surface area (Å²) in [6.07, 6.45) is 3.00. The molecule has 0 aliphatic heterocycles. The number of hydrogen-bond donors (Lipinski definition) is 0. The molecule has 0 aromatic rings. The second-order valence-corrected chi connectivity index (χ2v) is 5.37. The first-order valence-corrected chi connectivity index (χ1v) is 7.34. The maximum atomic E-state index is 8.68. The topological polar surface area (TPSA) is 27.0 Å². The van der Waals surface area contributed by atoms with Crippen LogP contribution in [0.1, 0.15) is 47.0 Å². The molecule has 0 aliphatic rings. The molecule has 0 aromatic heterocycles. The van der Waals surface area contributed by atoms with Gasteiger partial charge in [0, 0.05) is 30.9 Å². The van der Waals surface area contributed by atoms with E-state index in [1.54, 1.807) is 0 Å². The second-order valence-electron chi connectivity index (χ2n) is 4.81. The number of nitrogens with zero attached hydrogens (tertiary/aromatic N) is 2. The predicted molar refractivity (Wildman–Crippen MR) is 73.7 cm³/mol. The summed E-state index contributed by atoms with van der Waals surface area (Å²) in [4.78, 5) is 2.43. The maximum absolute atomic E-state index is 8.68. The van der Waals surface area contributed by atoms with Crippen molar-refractivity contribution in [3.8, 4) is 6.07 Å². The van der Waals surface area contributed by atoms with Crippen molar-refractivity contribution in [3.63, 3.8) is 0 Å². The molecule has 0 fully saturated rings. The van der Waals surface area contributed by atoms with Crippen LogP contribution in [0.15, 0.2) is 0 Å². The third-order valence-electron chi connectivity index (χ3n) is 3.56. The molecule has 0 radical (unpaired) electrons. The summed E-state index contributed by atoms with van der Waals surface area (Å²) in [5.74, 6) is 0. The van der Waals surface area contributed by atoms with Crippen molar-refractivity contribution in [3.05, 3.63) is 0 Å². The van der Waals surface area contributed by atoms with Gasteiger partial charge in [0.15, 0.2) is 0 Å². The van der Waals surface area contributed by atoms with E-state index in [1.807, 2.05) is 0 Å². The summed E-state index contributed by atoms with van der Waals surface area (Å²) in [5.41, 5.74) is 0.361. The molecule has 0 rings (SSSR count). The largest absolute Gasteiger partial charge is 0.299 e. The van der Waals surface area contributed by atoms with Crippen molar-refractivity contribution >= 4 is 15.9 Å². The first-order valence-electron chi connectivity index (χ1n) is 6.22. The van der Waals surface area contributed by atoms with E-state index in [0.29, 0.717) is 17.9 Å². The summed E-state index contributed by atoms with van der Waals surface area (Å²) >= 11 is 3.65. The van der Waals surface area contributed by atoms with E-state index in [0.717, 1.165) is 18.4 Å².